The van der Waals surface area contributed by atoms with Gasteiger partial charge in [-0.05, 0) is 61.4 Å². The van der Waals surface area contributed by atoms with Gasteiger partial charge in [-0.25, -0.2) is 13.4 Å². The van der Waals surface area contributed by atoms with E-state index in [-0.39, 0.29) is 22.6 Å². The summed E-state index contributed by atoms with van der Waals surface area (Å²) in [5.74, 6) is 2.06. The summed E-state index contributed by atoms with van der Waals surface area (Å²) in [4.78, 5) is 6.75. The van der Waals surface area contributed by atoms with Crippen LogP contribution in [-0.4, -0.2) is 63.7 Å². The molecule has 0 saturated heterocycles. The molecular formula is C26H33Br2ClN6O4S. The molecule has 0 amide bonds. The first-order chi connectivity index (χ1) is 18.7. The third-order valence-corrected chi connectivity index (χ3v) is 9.44. The lowest BCUT2D eigenvalue weighted by Gasteiger charge is -2.26. The Morgan fingerprint density at radius 3 is 2.45 bits per heavy atom. The summed E-state index contributed by atoms with van der Waals surface area (Å²) < 4.78 is 39.3. The summed E-state index contributed by atoms with van der Waals surface area (Å²) in [5.41, 5.74) is 7.00. The fourth-order valence-electron chi connectivity index (χ4n) is 4.40. The van der Waals surface area contributed by atoms with E-state index >= 15 is 0 Å². The number of aromatic nitrogens is 3. The summed E-state index contributed by atoms with van der Waals surface area (Å²) in [6.45, 7) is 5.80. The van der Waals surface area contributed by atoms with Gasteiger partial charge in [0, 0.05) is 36.2 Å². The molecule has 218 valence electrons. The molecule has 2 aromatic heterocycles. The molecule has 4 rings (SSSR count). The molecule has 2 heterocycles. The summed E-state index contributed by atoms with van der Waals surface area (Å²) in [5, 5.41) is 8.59. The number of hydrogen-bond acceptors (Lipinski definition) is 9. The van der Waals surface area contributed by atoms with Gasteiger partial charge in [0.2, 0.25) is 21.8 Å². The Kier molecular flexibility index (Phi) is 9.53. The van der Waals surface area contributed by atoms with E-state index in [4.69, 9.17) is 26.5 Å². The van der Waals surface area contributed by atoms with Crippen molar-refractivity contribution in [2.24, 2.45) is 17.6 Å². The number of ether oxygens (including phenoxy) is 1. The summed E-state index contributed by atoms with van der Waals surface area (Å²) in [7, 11) is -0.621. The molecule has 0 spiro atoms. The van der Waals surface area contributed by atoms with Crippen LogP contribution in [0, 0.1) is 11.8 Å². The Balaban J connectivity index is 1.76. The third-order valence-electron chi connectivity index (χ3n) is 6.98. The Morgan fingerprint density at radius 2 is 1.88 bits per heavy atom. The molecule has 0 bridgehead atoms. The van der Waals surface area contributed by atoms with Crippen LogP contribution in [0.25, 0.3) is 11.5 Å². The normalized spacial score (nSPS) is 18.4. The van der Waals surface area contributed by atoms with Gasteiger partial charge in [0.1, 0.15) is 5.82 Å². The van der Waals surface area contributed by atoms with Crippen LogP contribution in [0.2, 0.25) is 5.02 Å². The second-order valence-electron chi connectivity index (χ2n) is 10.6. The van der Waals surface area contributed by atoms with Crippen LogP contribution in [0.4, 0.5) is 11.6 Å². The molecule has 0 unspecified atom stereocenters. The summed E-state index contributed by atoms with van der Waals surface area (Å²) >= 11 is 13.8. The largest absolute Gasteiger partial charge is 0.419 e. The number of anilines is 2. The number of benzene rings is 1. The monoisotopic (exact) mass is 718 g/mol. The van der Waals surface area contributed by atoms with Crippen molar-refractivity contribution in [1.29, 1.82) is 0 Å². The van der Waals surface area contributed by atoms with Crippen LogP contribution < -0.4 is 14.9 Å². The lowest BCUT2D eigenvalue weighted by atomic mass is 9.94. The van der Waals surface area contributed by atoms with E-state index in [9.17, 15) is 8.42 Å². The number of pyridine rings is 1. The van der Waals surface area contributed by atoms with E-state index in [0.717, 1.165) is 38.0 Å². The Morgan fingerprint density at radius 1 is 1.23 bits per heavy atom. The molecular weight excluding hydrogens is 688 g/mol. The van der Waals surface area contributed by atoms with Crippen molar-refractivity contribution < 1.29 is 17.6 Å². The van der Waals surface area contributed by atoms with E-state index < -0.39 is 15.6 Å². The lowest BCUT2D eigenvalue weighted by Crippen LogP contribution is -2.36. The van der Waals surface area contributed by atoms with Gasteiger partial charge in [-0.1, -0.05) is 50.4 Å². The van der Waals surface area contributed by atoms with Crippen molar-refractivity contribution in [3.8, 4) is 11.5 Å². The average molecular weight is 721 g/mol. The average Bonchev–Trinajstić information content (AvgIpc) is 3.32. The zero-order valence-electron chi connectivity index (χ0n) is 23.0. The predicted molar refractivity (Wildman–Crippen MR) is 164 cm³/mol. The van der Waals surface area contributed by atoms with Crippen LogP contribution in [0.5, 0.6) is 0 Å². The minimum Gasteiger partial charge on any atom is -0.419 e. The number of sulfonamides is 1. The minimum atomic E-state index is -3.67. The highest BCUT2D eigenvalue weighted by molar-refractivity contribution is 9.11. The van der Waals surface area contributed by atoms with Gasteiger partial charge in [-0.15, -0.1) is 10.2 Å². The van der Waals surface area contributed by atoms with E-state index in [0.29, 0.717) is 42.8 Å². The number of halogens is 3. The Bertz CT molecular complexity index is 1470. The van der Waals surface area contributed by atoms with Crippen molar-refractivity contribution in [3.63, 3.8) is 0 Å². The molecule has 0 aliphatic heterocycles. The molecule has 3 aromatic rings. The van der Waals surface area contributed by atoms with Crippen LogP contribution >= 0.6 is 43.5 Å². The molecule has 0 radical (unpaired) electrons. The molecule has 14 heteroatoms. The van der Waals surface area contributed by atoms with Crippen LogP contribution in [-0.2, 0) is 26.7 Å². The van der Waals surface area contributed by atoms with Gasteiger partial charge in [0.25, 0.3) is 0 Å². The molecule has 1 aliphatic carbocycles. The van der Waals surface area contributed by atoms with E-state index in [2.05, 4.69) is 58.9 Å². The number of nitrogens with zero attached hydrogens (tertiary/aromatic N) is 5. The van der Waals surface area contributed by atoms with Crippen molar-refractivity contribution in [1.82, 2.24) is 15.2 Å². The van der Waals surface area contributed by atoms with Crippen molar-refractivity contribution in [2.45, 2.75) is 32.2 Å². The molecule has 1 aromatic carbocycles. The van der Waals surface area contributed by atoms with Crippen molar-refractivity contribution in [3.05, 3.63) is 49.7 Å². The molecule has 1 saturated carbocycles. The van der Waals surface area contributed by atoms with Crippen LogP contribution in [0.3, 0.4) is 0 Å². The number of nitrogens with two attached hydrogens (primary N) is 1. The molecule has 3 atom stereocenters. The highest BCUT2D eigenvalue weighted by Gasteiger charge is 2.35. The fourth-order valence-corrected chi connectivity index (χ4v) is 6.59. The van der Waals surface area contributed by atoms with Crippen molar-refractivity contribution >= 4 is 65.1 Å². The summed E-state index contributed by atoms with van der Waals surface area (Å²) in [6.07, 6.45) is 2.64. The maximum Gasteiger partial charge on any atom is 0.249 e. The van der Waals surface area contributed by atoms with Gasteiger partial charge in [0.05, 0.1) is 29.0 Å². The molecule has 2 N–H and O–H groups in total. The molecule has 1 aliphatic rings. The Labute approximate surface area is 256 Å². The van der Waals surface area contributed by atoms with Gasteiger partial charge >= 0.3 is 0 Å². The molecule has 1 fully saturated rings. The summed E-state index contributed by atoms with van der Waals surface area (Å²) in [6, 6.07) is 7.64. The van der Waals surface area contributed by atoms with Gasteiger partial charge < -0.3 is 19.8 Å². The second kappa shape index (κ2) is 12.2. The fraction of sp³-hybridized carbons (Fsp3) is 0.500. The van der Waals surface area contributed by atoms with E-state index in [1.807, 2.05) is 25.1 Å². The maximum absolute atomic E-state index is 12.5. The van der Waals surface area contributed by atoms with E-state index in [1.165, 1.54) is 7.05 Å². The van der Waals surface area contributed by atoms with Gasteiger partial charge in [-0.3, -0.25) is 4.31 Å². The standard InChI is InChI=1S/C26H33Br2ClN6O4S/c1-15-8-17(15)14-35(6-7-38-4)21-12-20(22(29)23(31-21)34(3)40(5,36)37)24-32-33-25(39-24)26(2,30)13-16-9-18(27)11-19(28)10-16/h9-12,15,17H,6-8,13-14,30H2,1-5H3/t15-,17+,26-/m0/s1. The topological polar surface area (TPSA) is 128 Å². The second-order valence-corrected chi connectivity index (χ2v) is 14.8. The smallest absolute Gasteiger partial charge is 0.249 e. The predicted octanol–water partition coefficient (Wildman–Crippen LogP) is 5.23. The van der Waals surface area contributed by atoms with Crippen LogP contribution in [0.15, 0.2) is 37.6 Å². The highest BCUT2D eigenvalue weighted by Crippen LogP contribution is 2.41. The SMILES string of the molecule is COCCN(C[C@H]1C[C@@H]1C)c1cc(-c2nnc([C@@](C)(N)Cc3cc(Br)cc(Br)c3)o2)c(Cl)c(N(C)S(C)(=O)=O)n1. The maximum atomic E-state index is 12.5. The van der Waals surface area contributed by atoms with Crippen molar-refractivity contribution in [2.75, 3.05) is 49.3 Å². The molecule has 10 nitrogen and oxygen atoms in total. The van der Waals surface area contributed by atoms with Crippen LogP contribution in [0.1, 0.15) is 31.7 Å². The third kappa shape index (κ3) is 7.35. The lowest BCUT2D eigenvalue weighted by molar-refractivity contribution is 0.204. The first kappa shape index (κ1) is 31.2. The minimum absolute atomic E-state index is 0.0668. The molecule has 40 heavy (non-hydrogen) atoms. The number of methoxy groups -OCH3 is 1. The number of hydrogen-bond donors (Lipinski definition) is 1. The van der Waals surface area contributed by atoms with Gasteiger partial charge in [-0.2, -0.15) is 0 Å². The number of rotatable bonds is 12. The zero-order chi connectivity index (χ0) is 29.4. The zero-order valence-corrected chi connectivity index (χ0v) is 27.7. The van der Waals surface area contributed by atoms with Gasteiger partial charge in [0.15, 0.2) is 5.82 Å². The Hall–Kier alpha value is -1.77. The first-order valence-electron chi connectivity index (χ1n) is 12.7. The first-order valence-corrected chi connectivity index (χ1v) is 16.5. The highest BCUT2D eigenvalue weighted by atomic mass is 79.9. The quantitative estimate of drug-likeness (QED) is 0.268. The van der Waals surface area contributed by atoms with E-state index in [1.54, 1.807) is 13.2 Å².